The van der Waals surface area contributed by atoms with E-state index in [1.807, 2.05) is 4.90 Å². The number of fused-ring (bicyclic) bond motifs is 1. The molecule has 4 rings (SSSR count). The number of piperidine rings is 1. The van der Waals surface area contributed by atoms with Crippen molar-refractivity contribution in [3.05, 3.63) is 41.5 Å². The molecule has 2 heterocycles. The summed E-state index contributed by atoms with van der Waals surface area (Å²) in [6.45, 7) is 2.83. The Balaban J connectivity index is 1.64. The first kappa shape index (κ1) is 25.0. The molecule has 7 heteroatoms. The fourth-order valence-electron chi connectivity index (χ4n) is 4.90. The minimum absolute atomic E-state index is 0.0109. The molecule has 1 aliphatic heterocycles. The third kappa shape index (κ3) is 6.32. The fourth-order valence-corrected chi connectivity index (χ4v) is 5.33. The van der Waals surface area contributed by atoms with Crippen LogP contribution in [0.3, 0.4) is 0 Å². The number of amides is 1. The smallest absolute Gasteiger partial charge is 0.248 e. The molecule has 1 fully saturated rings. The third-order valence-corrected chi connectivity index (χ3v) is 7.64. The molecule has 1 saturated heterocycles. The first-order valence-electron chi connectivity index (χ1n) is 12.4. The number of carbonyl (C=O) groups is 1. The van der Waals surface area contributed by atoms with Crippen LogP contribution in [0.4, 0.5) is 5.82 Å². The molecule has 0 unspecified atom stereocenters. The Morgan fingerprint density at radius 3 is 2.79 bits per heavy atom. The second kappa shape index (κ2) is 12.0. The lowest BCUT2D eigenvalue weighted by Crippen LogP contribution is -2.38. The number of pyridine rings is 1. The summed E-state index contributed by atoms with van der Waals surface area (Å²) in [5, 5.41) is 11.1. The highest BCUT2D eigenvalue weighted by Gasteiger charge is 2.24. The summed E-state index contributed by atoms with van der Waals surface area (Å²) in [5.74, 6) is 0.946. The molecule has 1 amide bonds. The van der Waals surface area contributed by atoms with Gasteiger partial charge in [-0.1, -0.05) is 17.7 Å². The molecular weight excluding hydrogens is 446 g/mol. The number of anilines is 1. The number of aliphatic hydroxyl groups is 1. The van der Waals surface area contributed by atoms with Crippen molar-refractivity contribution < 1.29 is 14.6 Å². The largest absolute Gasteiger partial charge is 0.393 e. The van der Waals surface area contributed by atoms with Crippen LogP contribution in [0.15, 0.2) is 40.8 Å². The Morgan fingerprint density at radius 2 is 2.09 bits per heavy atom. The minimum Gasteiger partial charge on any atom is -0.393 e. The quantitative estimate of drug-likeness (QED) is 0.409. The van der Waals surface area contributed by atoms with Gasteiger partial charge in [-0.15, -0.1) is 11.8 Å². The Hall–Kier alpha value is -2.09. The summed E-state index contributed by atoms with van der Waals surface area (Å²) in [6, 6.07) is 8.57. The van der Waals surface area contributed by atoms with Crippen LogP contribution in [0.5, 0.6) is 0 Å². The number of thioether (sulfide) groups is 1. The van der Waals surface area contributed by atoms with E-state index in [1.54, 1.807) is 18.9 Å². The topological polar surface area (TPSA) is 65.9 Å². The average Bonchev–Trinajstić information content (AvgIpc) is 2.87. The van der Waals surface area contributed by atoms with Crippen molar-refractivity contribution in [3.63, 3.8) is 0 Å². The zero-order valence-electron chi connectivity index (χ0n) is 20.5. The van der Waals surface area contributed by atoms with E-state index >= 15 is 0 Å². The van der Waals surface area contributed by atoms with Gasteiger partial charge >= 0.3 is 0 Å². The fraction of sp³-hybridized carbons (Fsp3) is 0.556. The van der Waals surface area contributed by atoms with Gasteiger partial charge in [0.25, 0.3) is 0 Å². The molecule has 0 bridgehead atoms. The molecule has 1 N–H and O–H groups in total. The number of hydrogen-bond donors (Lipinski definition) is 1. The van der Waals surface area contributed by atoms with E-state index in [1.165, 1.54) is 23.3 Å². The maximum absolute atomic E-state index is 13.0. The molecule has 1 aliphatic carbocycles. The second-order valence-electron chi connectivity index (χ2n) is 9.35. The van der Waals surface area contributed by atoms with Gasteiger partial charge in [0.15, 0.2) is 0 Å². The standard InChI is InChI=1S/C27H37N3O3S/c1-33-19-26(32)30(13-10-20-6-4-3-5-7-20)18-22-16-21-8-9-24(34-2)17-25(21)28-27(22)29-14-11-23(31)12-15-29/h6,8-9,16-17,23,31H,3-5,7,10-15,18-19H2,1-2H3. The zero-order valence-corrected chi connectivity index (χ0v) is 21.3. The highest BCUT2D eigenvalue weighted by atomic mass is 32.2. The van der Waals surface area contributed by atoms with Gasteiger partial charge < -0.3 is 19.6 Å². The van der Waals surface area contributed by atoms with Crippen LogP contribution in [0.1, 0.15) is 50.5 Å². The van der Waals surface area contributed by atoms with Crippen molar-refractivity contribution in [2.75, 3.05) is 44.5 Å². The summed E-state index contributed by atoms with van der Waals surface area (Å²) in [5.41, 5.74) is 3.50. The van der Waals surface area contributed by atoms with E-state index in [9.17, 15) is 9.90 Å². The van der Waals surface area contributed by atoms with Crippen LogP contribution < -0.4 is 4.90 Å². The highest BCUT2D eigenvalue weighted by Crippen LogP contribution is 2.30. The molecule has 34 heavy (non-hydrogen) atoms. The highest BCUT2D eigenvalue weighted by molar-refractivity contribution is 7.98. The van der Waals surface area contributed by atoms with Crippen LogP contribution in [-0.2, 0) is 16.1 Å². The molecule has 2 aromatic rings. The van der Waals surface area contributed by atoms with Crippen molar-refractivity contribution in [2.45, 2.75) is 62.5 Å². The maximum Gasteiger partial charge on any atom is 0.248 e. The number of hydrogen-bond acceptors (Lipinski definition) is 6. The number of aliphatic hydroxyl groups excluding tert-OH is 1. The van der Waals surface area contributed by atoms with Crippen molar-refractivity contribution in [1.82, 2.24) is 9.88 Å². The summed E-state index contributed by atoms with van der Waals surface area (Å²) >= 11 is 1.71. The average molecular weight is 484 g/mol. The van der Waals surface area contributed by atoms with Crippen molar-refractivity contribution in [3.8, 4) is 0 Å². The number of nitrogens with zero attached hydrogens (tertiary/aromatic N) is 3. The summed E-state index contributed by atoms with van der Waals surface area (Å²) < 4.78 is 5.21. The molecule has 6 nitrogen and oxygen atoms in total. The first-order chi connectivity index (χ1) is 16.6. The van der Waals surface area contributed by atoms with E-state index in [-0.39, 0.29) is 18.6 Å². The molecule has 2 aliphatic rings. The molecule has 184 valence electrons. The maximum atomic E-state index is 13.0. The second-order valence-corrected chi connectivity index (χ2v) is 10.2. The third-order valence-electron chi connectivity index (χ3n) is 6.91. The van der Waals surface area contributed by atoms with Crippen LogP contribution >= 0.6 is 11.8 Å². The summed E-state index contributed by atoms with van der Waals surface area (Å²) in [6.07, 6.45) is 11.4. The van der Waals surface area contributed by atoms with Crippen LogP contribution in [0, 0.1) is 0 Å². The normalized spacial score (nSPS) is 17.1. The predicted octanol–water partition coefficient (Wildman–Crippen LogP) is 4.78. The molecule has 1 aromatic heterocycles. The predicted molar refractivity (Wildman–Crippen MR) is 139 cm³/mol. The van der Waals surface area contributed by atoms with Gasteiger partial charge in [-0.05, 0) is 69.4 Å². The molecular formula is C27H37N3O3S. The number of methoxy groups -OCH3 is 1. The Morgan fingerprint density at radius 1 is 1.26 bits per heavy atom. The van der Waals surface area contributed by atoms with Crippen LogP contribution in [0.2, 0.25) is 0 Å². The summed E-state index contributed by atoms with van der Waals surface area (Å²) in [4.78, 5) is 23.5. The lowest BCUT2D eigenvalue weighted by molar-refractivity contribution is -0.135. The zero-order chi connectivity index (χ0) is 23.9. The number of aromatic nitrogens is 1. The van der Waals surface area contributed by atoms with E-state index in [0.717, 1.165) is 67.5 Å². The number of ether oxygens (including phenoxy) is 1. The molecule has 1 aromatic carbocycles. The SMILES string of the molecule is COCC(=O)N(CCC1=CCCCC1)Cc1cc2ccc(SC)cc2nc1N1CCC(O)CC1. The lowest BCUT2D eigenvalue weighted by atomic mass is 9.97. The van der Waals surface area contributed by atoms with Gasteiger partial charge in [-0.3, -0.25) is 4.79 Å². The van der Waals surface area contributed by atoms with Crippen LogP contribution in [0.25, 0.3) is 10.9 Å². The van der Waals surface area contributed by atoms with Gasteiger partial charge in [0.05, 0.1) is 11.6 Å². The number of rotatable bonds is 9. The Labute approximate surface area is 207 Å². The van der Waals surface area contributed by atoms with Gasteiger partial charge in [-0.2, -0.15) is 0 Å². The van der Waals surface area contributed by atoms with E-state index in [2.05, 4.69) is 41.5 Å². The number of allylic oxidation sites excluding steroid dienone is 1. The van der Waals surface area contributed by atoms with E-state index in [0.29, 0.717) is 13.1 Å². The van der Waals surface area contributed by atoms with Gasteiger partial charge in [0.1, 0.15) is 12.4 Å². The lowest BCUT2D eigenvalue weighted by Gasteiger charge is -2.33. The monoisotopic (exact) mass is 483 g/mol. The van der Waals surface area contributed by atoms with Crippen molar-refractivity contribution in [1.29, 1.82) is 0 Å². The Kier molecular flexibility index (Phi) is 8.86. The molecule has 0 saturated carbocycles. The van der Waals surface area contributed by atoms with Crippen molar-refractivity contribution in [2.24, 2.45) is 0 Å². The number of carbonyl (C=O) groups excluding carboxylic acids is 1. The Bertz CT molecular complexity index is 1020. The molecule has 0 atom stereocenters. The summed E-state index contributed by atoms with van der Waals surface area (Å²) in [7, 11) is 1.57. The van der Waals surface area contributed by atoms with Crippen molar-refractivity contribution >= 4 is 34.4 Å². The molecule has 0 radical (unpaired) electrons. The number of benzene rings is 1. The van der Waals surface area contributed by atoms with E-state index < -0.39 is 0 Å². The van der Waals surface area contributed by atoms with Gasteiger partial charge in [-0.25, -0.2) is 4.98 Å². The van der Waals surface area contributed by atoms with Gasteiger partial charge in [0, 0.05) is 49.1 Å². The first-order valence-corrected chi connectivity index (χ1v) is 13.6. The molecule has 0 spiro atoms. The van der Waals surface area contributed by atoms with Crippen LogP contribution in [-0.4, -0.2) is 66.6 Å². The minimum atomic E-state index is -0.244. The van der Waals surface area contributed by atoms with E-state index in [4.69, 9.17) is 9.72 Å². The van der Waals surface area contributed by atoms with Gasteiger partial charge in [0.2, 0.25) is 5.91 Å².